The molecule has 0 unspecified atom stereocenters. The topological polar surface area (TPSA) is 52.6 Å². The molecule has 2 aliphatic rings. The van der Waals surface area contributed by atoms with Gasteiger partial charge in [0.05, 0.1) is 16.0 Å². The van der Waals surface area contributed by atoms with Crippen molar-refractivity contribution in [1.29, 1.82) is 0 Å². The third-order valence-electron chi connectivity index (χ3n) is 5.74. The number of carbonyl (C=O) groups excluding carboxylic acids is 1. The zero-order chi connectivity index (χ0) is 18.9. The SMILES string of the molecule is O=C1c2cccnc2CCN1CCN1CCN(c2nsc3ccccc23)CC1. The summed E-state index contributed by atoms with van der Waals surface area (Å²) < 4.78 is 5.93. The molecule has 7 heteroatoms. The van der Waals surface area contributed by atoms with Gasteiger partial charge in [-0.15, -0.1) is 0 Å². The van der Waals surface area contributed by atoms with Crippen molar-refractivity contribution in [3.63, 3.8) is 0 Å². The first-order valence-electron chi connectivity index (χ1n) is 9.84. The number of piperazine rings is 1. The lowest BCUT2D eigenvalue weighted by molar-refractivity contribution is 0.0715. The van der Waals surface area contributed by atoms with Crippen molar-refractivity contribution in [2.75, 3.05) is 50.7 Å². The first-order chi connectivity index (χ1) is 13.8. The van der Waals surface area contributed by atoms with E-state index in [0.29, 0.717) is 0 Å². The summed E-state index contributed by atoms with van der Waals surface area (Å²) in [5.74, 6) is 1.25. The van der Waals surface area contributed by atoms with Crippen molar-refractivity contribution in [2.24, 2.45) is 0 Å². The Morgan fingerprint density at radius 1 is 0.964 bits per heavy atom. The van der Waals surface area contributed by atoms with Gasteiger partial charge in [0.1, 0.15) is 5.82 Å². The van der Waals surface area contributed by atoms with Crippen molar-refractivity contribution >= 4 is 33.3 Å². The Morgan fingerprint density at radius 2 is 1.82 bits per heavy atom. The number of anilines is 1. The lowest BCUT2D eigenvalue weighted by atomic mass is 10.1. The van der Waals surface area contributed by atoms with Crippen LogP contribution in [0.15, 0.2) is 42.6 Å². The average Bonchev–Trinajstić information content (AvgIpc) is 3.18. The summed E-state index contributed by atoms with van der Waals surface area (Å²) in [5, 5.41) is 1.26. The molecule has 1 aromatic carbocycles. The van der Waals surface area contributed by atoms with Gasteiger partial charge in [-0.25, -0.2) is 0 Å². The molecule has 1 fully saturated rings. The lowest BCUT2D eigenvalue weighted by Crippen LogP contribution is -2.50. The van der Waals surface area contributed by atoms with Crippen LogP contribution >= 0.6 is 11.5 Å². The highest BCUT2D eigenvalue weighted by molar-refractivity contribution is 7.13. The fourth-order valence-corrected chi connectivity index (χ4v) is 4.90. The minimum absolute atomic E-state index is 0.127. The number of hydrogen-bond acceptors (Lipinski definition) is 6. The number of amides is 1. The van der Waals surface area contributed by atoms with Gasteiger partial charge in [0.15, 0.2) is 0 Å². The number of benzene rings is 1. The number of carbonyl (C=O) groups is 1. The van der Waals surface area contributed by atoms with Crippen LogP contribution in [0.1, 0.15) is 16.1 Å². The van der Waals surface area contributed by atoms with Crippen LogP contribution in [-0.2, 0) is 6.42 Å². The van der Waals surface area contributed by atoms with E-state index in [1.165, 1.54) is 10.1 Å². The first-order valence-corrected chi connectivity index (χ1v) is 10.6. The Bertz CT molecular complexity index is 995. The van der Waals surface area contributed by atoms with Gasteiger partial charge in [-0.2, -0.15) is 4.37 Å². The zero-order valence-electron chi connectivity index (χ0n) is 15.8. The molecular formula is C21H23N5OS. The molecule has 0 N–H and O–H groups in total. The average molecular weight is 394 g/mol. The van der Waals surface area contributed by atoms with Crippen LogP contribution in [0.3, 0.4) is 0 Å². The highest BCUT2D eigenvalue weighted by Gasteiger charge is 2.26. The van der Waals surface area contributed by atoms with Crippen LogP contribution in [0, 0.1) is 0 Å². The van der Waals surface area contributed by atoms with E-state index in [-0.39, 0.29) is 5.91 Å². The highest BCUT2D eigenvalue weighted by atomic mass is 32.1. The summed E-state index contributed by atoms with van der Waals surface area (Å²) in [6, 6.07) is 12.2. The summed E-state index contributed by atoms with van der Waals surface area (Å²) in [4.78, 5) is 23.8. The van der Waals surface area contributed by atoms with E-state index < -0.39 is 0 Å². The van der Waals surface area contributed by atoms with E-state index in [1.807, 2.05) is 17.0 Å². The van der Waals surface area contributed by atoms with Crippen molar-refractivity contribution in [1.82, 2.24) is 19.2 Å². The van der Waals surface area contributed by atoms with Gasteiger partial charge in [0.25, 0.3) is 5.91 Å². The maximum absolute atomic E-state index is 12.7. The molecule has 6 nitrogen and oxygen atoms in total. The van der Waals surface area contributed by atoms with E-state index in [4.69, 9.17) is 0 Å². The third-order valence-corrected chi connectivity index (χ3v) is 6.56. The van der Waals surface area contributed by atoms with E-state index in [2.05, 4.69) is 43.4 Å². The predicted molar refractivity (Wildman–Crippen MR) is 112 cm³/mol. The standard InChI is InChI=1S/C21H23N5OS/c27-21-16-5-3-8-22-18(16)7-9-26(21)15-12-24-10-13-25(14-11-24)20-17-4-1-2-6-19(17)28-23-20/h1-6,8H,7,9-15H2. The number of rotatable bonds is 4. The molecule has 0 saturated carbocycles. The fraction of sp³-hybridized carbons (Fsp3) is 0.381. The number of nitrogens with zero attached hydrogens (tertiary/aromatic N) is 5. The maximum atomic E-state index is 12.7. The summed E-state index contributed by atoms with van der Waals surface area (Å²) >= 11 is 1.58. The normalized spacial score (nSPS) is 17.9. The van der Waals surface area contributed by atoms with E-state index >= 15 is 0 Å². The van der Waals surface area contributed by atoms with E-state index in [1.54, 1.807) is 17.7 Å². The van der Waals surface area contributed by atoms with Crippen LogP contribution in [0.25, 0.3) is 10.1 Å². The summed E-state index contributed by atoms with van der Waals surface area (Å²) in [7, 11) is 0. The molecule has 3 aromatic rings. The largest absolute Gasteiger partial charge is 0.353 e. The van der Waals surface area contributed by atoms with E-state index in [0.717, 1.165) is 69.3 Å². The second-order valence-electron chi connectivity index (χ2n) is 7.37. The van der Waals surface area contributed by atoms with Crippen molar-refractivity contribution in [2.45, 2.75) is 6.42 Å². The van der Waals surface area contributed by atoms with Crippen molar-refractivity contribution < 1.29 is 4.79 Å². The maximum Gasteiger partial charge on any atom is 0.255 e. The molecule has 0 atom stereocenters. The molecule has 4 heterocycles. The molecule has 1 amide bonds. The van der Waals surface area contributed by atoms with Crippen molar-refractivity contribution in [3.8, 4) is 0 Å². The highest BCUT2D eigenvalue weighted by Crippen LogP contribution is 2.29. The van der Waals surface area contributed by atoms with Gasteiger partial charge in [0, 0.05) is 63.8 Å². The van der Waals surface area contributed by atoms with Gasteiger partial charge >= 0.3 is 0 Å². The molecule has 0 aliphatic carbocycles. The fourth-order valence-electron chi connectivity index (χ4n) is 4.10. The summed E-state index contributed by atoms with van der Waals surface area (Å²) in [6.07, 6.45) is 2.62. The smallest absolute Gasteiger partial charge is 0.255 e. The molecule has 0 spiro atoms. The number of hydrogen-bond donors (Lipinski definition) is 0. The first kappa shape index (κ1) is 17.6. The summed E-state index contributed by atoms with van der Waals surface area (Å²) in [5.41, 5.74) is 1.71. The molecular weight excluding hydrogens is 370 g/mol. The van der Waals surface area contributed by atoms with E-state index in [9.17, 15) is 4.79 Å². The molecule has 2 aliphatic heterocycles. The predicted octanol–water partition coefficient (Wildman–Crippen LogP) is 2.51. The van der Waals surface area contributed by atoms with Crippen molar-refractivity contribution in [3.05, 3.63) is 53.9 Å². The Hall–Kier alpha value is -2.51. The lowest BCUT2D eigenvalue weighted by Gasteiger charge is -2.36. The van der Waals surface area contributed by atoms with Crippen LogP contribution in [0.4, 0.5) is 5.82 Å². The zero-order valence-corrected chi connectivity index (χ0v) is 16.6. The quantitative estimate of drug-likeness (QED) is 0.682. The second kappa shape index (κ2) is 7.48. The van der Waals surface area contributed by atoms with Gasteiger partial charge in [-0.1, -0.05) is 12.1 Å². The molecule has 0 radical (unpaired) electrons. The number of aromatic nitrogens is 2. The molecule has 144 valence electrons. The second-order valence-corrected chi connectivity index (χ2v) is 8.18. The number of fused-ring (bicyclic) bond motifs is 2. The molecule has 1 saturated heterocycles. The molecule has 5 rings (SSSR count). The Kier molecular flexibility index (Phi) is 4.70. The monoisotopic (exact) mass is 393 g/mol. The Morgan fingerprint density at radius 3 is 2.71 bits per heavy atom. The minimum atomic E-state index is 0.127. The van der Waals surface area contributed by atoms with Crippen LogP contribution in [0.2, 0.25) is 0 Å². The molecule has 28 heavy (non-hydrogen) atoms. The van der Waals surface area contributed by atoms with Gasteiger partial charge in [0.2, 0.25) is 0 Å². The van der Waals surface area contributed by atoms with Gasteiger partial charge in [-0.3, -0.25) is 14.7 Å². The van der Waals surface area contributed by atoms with Gasteiger partial charge in [-0.05, 0) is 35.8 Å². The Labute approximate surface area is 168 Å². The summed E-state index contributed by atoms with van der Waals surface area (Å²) in [6.45, 7) is 6.45. The number of pyridine rings is 1. The van der Waals surface area contributed by atoms with Crippen LogP contribution < -0.4 is 4.90 Å². The molecule has 0 bridgehead atoms. The van der Waals surface area contributed by atoms with Crippen LogP contribution in [-0.4, -0.2) is 70.9 Å². The molecule has 2 aromatic heterocycles. The minimum Gasteiger partial charge on any atom is -0.353 e. The van der Waals surface area contributed by atoms with Crippen LogP contribution in [0.5, 0.6) is 0 Å². The third kappa shape index (κ3) is 3.25. The van der Waals surface area contributed by atoms with Gasteiger partial charge < -0.3 is 9.80 Å². The Balaban J connectivity index is 1.17.